The standard InChI is InChI=1S/C15H19ClFNO/c1-2-19-14-9-13(15(14)6-3-7-15)18-10-4-5-11(16)12(17)8-10/h4-5,8,13-14,18H,2-3,6-7,9H2,1H3. The Labute approximate surface area is 118 Å². The van der Waals surface area contributed by atoms with Crippen molar-refractivity contribution < 1.29 is 9.13 Å². The second kappa shape index (κ2) is 4.95. The number of hydrogen-bond donors (Lipinski definition) is 1. The molecular formula is C15H19ClFNO. The third kappa shape index (κ3) is 2.13. The minimum absolute atomic E-state index is 0.171. The van der Waals surface area contributed by atoms with E-state index >= 15 is 0 Å². The van der Waals surface area contributed by atoms with Crippen LogP contribution in [0, 0.1) is 11.2 Å². The lowest BCUT2D eigenvalue weighted by Crippen LogP contribution is -2.64. The molecule has 4 heteroatoms. The maximum atomic E-state index is 13.4. The highest BCUT2D eigenvalue weighted by Gasteiger charge is 2.58. The summed E-state index contributed by atoms with van der Waals surface area (Å²) in [5, 5.41) is 3.62. The Kier molecular flexibility index (Phi) is 3.44. The molecule has 0 aromatic heterocycles. The van der Waals surface area contributed by atoms with E-state index in [9.17, 15) is 4.39 Å². The van der Waals surface area contributed by atoms with E-state index < -0.39 is 0 Å². The lowest BCUT2D eigenvalue weighted by molar-refractivity contribution is -0.157. The average molecular weight is 284 g/mol. The molecular weight excluding hydrogens is 265 g/mol. The minimum Gasteiger partial charge on any atom is -0.381 e. The molecule has 0 radical (unpaired) electrons. The second-order valence-corrected chi connectivity index (χ2v) is 6.00. The Bertz CT molecular complexity index is 475. The largest absolute Gasteiger partial charge is 0.381 e. The van der Waals surface area contributed by atoms with Crippen molar-refractivity contribution in [2.45, 2.75) is 44.8 Å². The Hall–Kier alpha value is -0.800. The van der Waals surface area contributed by atoms with Gasteiger partial charge < -0.3 is 10.1 Å². The van der Waals surface area contributed by atoms with Crippen LogP contribution in [0.2, 0.25) is 5.02 Å². The van der Waals surface area contributed by atoms with Crippen LogP contribution in [0.15, 0.2) is 18.2 Å². The van der Waals surface area contributed by atoms with E-state index in [-0.39, 0.29) is 16.3 Å². The maximum Gasteiger partial charge on any atom is 0.143 e. The van der Waals surface area contributed by atoms with E-state index in [0.29, 0.717) is 12.1 Å². The van der Waals surface area contributed by atoms with Crippen LogP contribution in [-0.2, 0) is 4.74 Å². The van der Waals surface area contributed by atoms with E-state index in [0.717, 1.165) is 18.7 Å². The zero-order valence-electron chi connectivity index (χ0n) is 11.1. The van der Waals surface area contributed by atoms with E-state index in [4.69, 9.17) is 16.3 Å². The molecule has 0 aliphatic heterocycles. The van der Waals surface area contributed by atoms with Gasteiger partial charge in [0, 0.05) is 23.8 Å². The van der Waals surface area contributed by atoms with Gasteiger partial charge in [-0.1, -0.05) is 18.0 Å². The van der Waals surface area contributed by atoms with Crippen LogP contribution in [0.4, 0.5) is 10.1 Å². The molecule has 0 bridgehead atoms. The molecule has 3 rings (SSSR count). The summed E-state index contributed by atoms with van der Waals surface area (Å²) in [6, 6.07) is 5.32. The average Bonchev–Trinajstić information content (AvgIpc) is 2.30. The summed E-state index contributed by atoms with van der Waals surface area (Å²) in [7, 11) is 0. The number of nitrogens with one attached hydrogen (secondary N) is 1. The van der Waals surface area contributed by atoms with Gasteiger partial charge in [-0.05, 0) is 44.4 Å². The number of hydrogen-bond acceptors (Lipinski definition) is 2. The van der Waals surface area contributed by atoms with Gasteiger partial charge in [0.1, 0.15) is 5.82 Å². The minimum atomic E-state index is -0.366. The monoisotopic (exact) mass is 283 g/mol. The van der Waals surface area contributed by atoms with Gasteiger partial charge in [0.2, 0.25) is 0 Å². The summed E-state index contributed by atoms with van der Waals surface area (Å²) in [5.41, 5.74) is 1.10. The molecule has 0 amide bonds. The van der Waals surface area contributed by atoms with Gasteiger partial charge in [-0.25, -0.2) is 4.39 Å². The van der Waals surface area contributed by atoms with E-state index in [1.807, 2.05) is 13.0 Å². The summed E-state index contributed by atoms with van der Waals surface area (Å²) in [6.45, 7) is 2.82. The van der Waals surface area contributed by atoms with E-state index in [1.54, 1.807) is 6.07 Å². The van der Waals surface area contributed by atoms with Crippen molar-refractivity contribution in [3.05, 3.63) is 29.0 Å². The van der Waals surface area contributed by atoms with Crippen LogP contribution in [0.25, 0.3) is 0 Å². The topological polar surface area (TPSA) is 21.3 Å². The first-order valence-corrected chi connectivity index (χ1v) is 7.37. The molecule has 2 saturated carbocycles. The summed E-state index contributed by atoms with van der Waals surface area (Å²) in [4.78, 5) is 0. The van der Waals surface area contributed by atoms with Crippen molar-refractivity contribution in [2.75, 3.05) is 11.9 Å². The highest BCUT2D eigenvalue weighted by Crippen LogP contribution is 2.58. The van der Waals surface area contributed by atoms with Crippen LogP contribution >= 0.6 is 11.6 Å². The summed E-state index contributed by atoms with van der Waals surface area (Å²) in [6.07, 6.45) is 5.09. The van der Waals surface area contributed by atoms with Crippen molar-refractivity contribution in [2.24, 2.45) is 5.41 Å². The molecule has 2 unspecified atom stereocenters. The van der Waals surface area contributed by atoms with Crippen molar-refractivity contribution in [3.63, 3.8) is 0 Å². The molecule has 2 aliphatic carbocycles. The molecule has 1 aromatic carbocycles. The van der Waals surface area contributed by atoms with Gasteiger partial charge in [-0.2, -0.15) is 0 Å². The normalized spacial score (nSPS) is 27.7. The zero-order valence-corrected chi connectivity index (χ0v) is 11.8. The van der Waals surface area contributed by atoms with Gasteiger partial charge in [0.05, 0.1) is 11.1 Å². The van der Waals surface area contributed by atoms with Crippen LogP contribution in [0.1, 0.15) is 32.6 Å². The number of ether oxygens (including phenoxy) is 1. The van der Waals surface area contributed by atoms with Crippen molar-refractivity contribution in [1.29, 1.82) is 0 Å². The lowest BCUT2D eigenvalue weighted by atomic mass is 9.51. The third-order valence-corrected chi connectivity index (χ3v) is 5.00. The highest BCUT2D eigenvalue weighted by molar-refractivity contribution is 6.30. The Balaban J connectivity index is 1.69. The van der Waals surface area contributed by atoms with Gasteiger partial charge in [0.25, 0.3) is 0 Å². The van der Waals surface area contributed by atoms with Crippen LogP contribution in [-0.4, -0.2) is 18.8 Å². The van der Waals surface area contributed by atoms with Gasteiger partial charge in [0.15, 0.2) is 0 Å². The predicted molar refractivity (Wildman–Crippen MR) is 75.1 cm³/mol. The molecule has 1 aromatic rings. The number of benzene rings is 1. The van der Waals surface area contributed by atoms with Gasteiger partial charge in [-0.3, -0.25) is 0 Å². The van der Waals surface area contributed by atoms with Crippen LogP contribution in [0.3, 0.4) is 0 Å². The first-order valence-electron chi connectivity index (χ1n) is 6.99. The smallest absolute Gasteiger partial charge is 0.143 e. The van der Waals surface area contributed by atoms with Crippen molar-refractivity contribution in [3.8, 4) is 0 Å². The Morgan fingerprint density at radius 1 is 1.47 bits per heavy atom. The molecule has 1 spiro atoms. The molecule has 2 fully saturated rings. The highest BCUT2D eigenvalue weighted by atomic mass is 35.5. The second-order valence-electron chi connectivity index (χ2n) is 5.59. The summed E-state index contributed by atoms with van der Waals surface area (Å²) < 4.78 is 19.3. The lowest BCUT2D eigenvalue weighted by Gasteiger charge is -2.61. The quantitative estimate of drug-likeness (QED) is 0.892. The molecule has 104 valence electrons. The number of rotatable bonds is 4. The van der Waals surface area contributed by atoms with Crippen molar-refractivity contribution in [1.82, 2.24) is 0 Å². The Morgan fingerprint density at radius 3 is 2.84 bits per heavy atom. The maximum absolute atomic E-state index is 13.4. The first kappa shape index (κ1) is 13.2. The summed E-state index contributed by atoms with van der Waals surface area (Å²) in [5.74, 6) is -0.366. The Morgan fingerprint density at radius 2 is 2.26 bits per heavy atom. The van der Waals surface area contributed by atoms with Gasteiger partial charge in [-0.15, -0.1) is 0 Å². The summed E-state index contributed by atoms with van der Waals surface area (Å²) >= 11 is 5.70. The fourth-order valence-corrected chi connectivity index (χ4v) is 3.55. The van der Waals surface area contributed by atoms with Crippen molar-refractivity contribution >= 4 is 17.3 Å². The molecule has 2 atom stereocenters. The molecule has 19 heavy (non-hydrogen) atoms. The van der Waals surface area contributed by atoms with E-state index in [2.05, 4.69) is 5.32 Å². The third-order valence-electron chi connectivity index (χ3n) is 4.70. The van der Waals surface area contributed by atoms with Crippen LogP contribution in [0.5, 0.6) is 0 Å². The van der Waals surface area contributed by atoms with E-state index in [1.165, 1.54) is 25.3 Å². The fraction of sp³-hybridized carbons (Fsp3) is 0.600. The van der Waals surface area contributed by atoms with Crippen LogP contribution < -0.4 is 5.32 Å². The molecule has 1 N–H and O–H groups in total. The molecule has 2 aliphatic rings. The number of anilines is 1. The fourth-order valence-electron chi connectivity index (χ4n) is 3.43. The molecule has 0 saturated heterocycles. The molecule has 2 nitrogen and oxygen atoms in total. The van der Waals surface area contributed by atoms with Gasteiger partial charge >= 0.3 is 0 Å². The number of halogens is 2. The first-order chi connectivity index (χ1) is 9.15. The molecule has 0 heterocycles. The predicted octanol–water partition coefficient (Wildman–Crippen LogP) is 4.24. The SMILES string of the molecule is CCOC1CC(Nc2ccc(Cl)c(F)c2)C12CCC2. The zero-order chi connectivity index (χ0) is 13.5.